The molecule has 0 aliphatic carbocycles. The average molecular weight is 387 g/mol. The van der Waals surface area contributed by atoms with Gasteiger partial charge in [-0.15, -0.1) is 10.2 Å². The lowest BCUT2D eigenvalue weighted by atomic mass is 10.2. The van der Waals surface area contributed by atoms with Gasteiger partial charge in [0.05, 0.1) is 5.39 Å². The van der Waals surface area contributed by atoms with E-state index >= 15 is 0 Å². The van der Waals surface area contributed by atoms with E-state index < -0.39 is 0 Å². The van der Waals surface area contributed by atoms with Crippen LogP contribution in [0.15, 0.2) is 51.8 Å². The molecule has 0 saturated carbocycles. The van der Waals surface area contributed by atoms with Gasteiger partial charge in [-0.05, 0) is 37.6 Å². The first-order valence-corrected chi connectivity index (χ1v) is 9.03. The monoisotopic (exact) mass is 387 g/mol. The summed E-state index contributed by atoms with van der Waals surface area (Å²) in [5.41, 5.74) is 3.78. The summed E-state index contributed by atoms with van der Waals surface area (Å²) < 4.78 is 8.84. The van der Waals surface area contributed by atoms with Crippen molar-refractivity contribution in [2.75, 3.05) is 5.32 Å². The highest BCUT2D eigenvalue weighted by Gasteiger charge is 2.20. The zero-order chi connectivity index (χ0) is 20.1. The number of aromatic nitrogens is 6. The Hall–Kier alpha value is -4.01. The van der Waals surface area contributed by atoms with Crippen molar-refractivity contribution in [3.8, 4) is 11.5 Å². The molecule has 9 nitrogen and oxygen atoms in total. The van der Waals surface area contributed by atoms with E-state index in [0.29, 0.717) is 11.3 Å². The van der Waals surface area contributed by atoms with E-state index in [0.717, 1.165) is 22.3 Å². The Balaban J connectivity index is 1.65. The molecule has 0 amide bonds. The van der Waals surface area contributed by atoms with Gasteiger partial charge in [0.1, 0.15) is 11.2 Å². The van der Waals surface area contributed by atoms with E-state index in [2.05, 4.69) is 25.6 Å². The molecular formula is C20H17N7O2. The predicted octanol–water partition coefficient (Wildman–Crippen LogP) is 2.99. The zero-order valence-corrected chi connectivity index (χ0v) is 16.0. The molecule has 9 heteroatoms. The van der Waals surface area contributed by atoms with Gasteiger partial charge in [-0.2, -0.15) is 4.52 Å². The Bertz CT molecular complexity index is 1430. The van der Waals surface area contributed by atoms with Gasteiger partial charge in [0.25, 0.3) is 11.4 Å². The molecule has 0 unspecified atom stereocenters. The smallest absolute Gasteiger partial charge is 0.320 e. The van der Waals surface area contributed by atoms with Gasteiger partial charge < -0.3 is 14.3 Å². The first-order chi connectivity index (χ1) is 14.0. The fourth-order valence-corrected chi connectivity index (χ4v) is 3.48. The number of para-hydroxylation sites is 1. The Kier molecular flexibility index (Phi) is 3.70. The fraction of sp³-hybridized carbons (Fsp3) is 0.150. The molecular weight excluding hydrogens is 370 g/mol. The fourth-order valence-electron chi connectivity index (χ4n) is 3.48. The average Bonchev–Trinajstić information content (AvgIpc) is 3.30. The van der Waals surface area contributed by atoms with Crippen LogP contribution in [-0.4, -0.2) is 29.4 Å². The first-order valence-electron chi connectivity index (χ1n) is 9.03. The summed E-state index contributed by atoms with van der Waals surface area (Å²) in [6, 6.07) is 11.6. The lowest BCUT2D eigenvalue weighted by molar-refractivity contribution is 0.585. The van der Waals surface area contributed by atoms with Crippen molar-refractivity contribution in [2.24, 2.45) is 7.05 Å². The molecule has 0 bridgehead atoms. The van der Waals surface area contributed by atoms with Crippen LogP contribution in [-0.2, 0) is 7.05 Å². The number of aryl methyl sites for hydroxylation is 3. The minimum absolute atomic E-state index is 0.117. The number of rotatable bonds is 3. The molecule has 0 spiro atoms. The summed E-state index contributed by atoms with van der Waals surface area (Å²) in [6.07, 6.45) is 1.68. The highest BCUT2D eigenvalue weighted by atomic mass is 16.4. The van der Waals surface area contributed by atoms with Crippen molar-refractivity contribution < 1.29 is 4.42 Å². The second-order valence-corrected chi connectivity index (χ2v) is 6.88. The SMILES string of the molecule is Cc1cc(C)c2c(n1)nn1c(=O)c(-c3nnc(Nc4ccccc4)o3)cn(C)c21. The molecule has 0 saturated heterocycles. The maximum Gasteiger partial charge on any atom is 0.320 e. The van der Waals surface area contributed by atoms with Crippen LogP contribution in [0, 0.1) is 13.8 Å². The molecule has 4 heterocycles. The second-order valence-electron chi connectivity index (χ2n) is 6.88. The summed E-state index contributed by atoms with van der Waals surface area (Å²) >= 11 is 0. The zero-order valence-electron chi connectivity index (χ0n) is 16.0. The van der Waals surface area contributed by atoms with E-state index in [9.17, 15) is 4.79 Å². The van der Waals surface area contributed by atoms with Crippen molar-refractivity contribution in [1.82, 2.24) is 29.4 Å². The van der Waals surface area contributed by atoms with Crippen LogP contribution < -0.4 is 10.9 Å². The normalized spacial score (nSPS) is 11.4. The summed E-state index contributed by atoms with van der Waals surface area (Å²) in [5.74, 6) is 0.117. The maximum absolute atomic E-state index is 13.1. The van der Waals surface area contributed by atoms with Gasteiger partial charge in [-0.3, -0.25) is 4.79 Å². The minimum Gasteiger partial charge on any atom is -0.403 e. The third-order valence-electron chi connectivity index (χ3n) is 4.70. The van der Waals surface area contributed by atoms with Crippen molar-refractivity contribution in [2.45, 2.75) is 13.8 Å². The van der Waals surface area contributed by atoms with Crippen molar-refractivity contribution >= 4 is 28.4 Å². The topological polar surface area (TPSA) is 103 Å². The minimum atomic E-state index is -0.344. The number of hydrogen-bond acceptors (Lipinski definition) is 7. The summed E-state index contributed by atoms with van der Waals surface area (Å²) in [6.45, 7) is 3.89. The standard InChI is InChI=1S/C20H17N7O2/c1-11-9-12(2)21-16-15(11)18-26(3)10-14(19(28)27(18)25-16)17-23-24-20(29-17)22-13-7-5-4-6-8-13/h4-10H,1-3H3,(H,22,24). The summed E-state index contributed by atoms with van der Waals surface area (Å²) in [7, 11) is 1.85. The van der Waals surface area contributed by atoms with Crippen LogP contribution in [0.25, 0.3) is 28.1 Å². The molecule has 0 atom stereocenters. The number of benzene rings is 1. The van der Waals surface area contributed by atoms with Crippen molar-refractivity contribution in [3.63, 3.8) is 0 Å². The largest absolute Gasteiger partial charge is 0.403 e. The van der Waals surface area contributed by atoms with E-state index in [1.807, 2.05) is 61.9 Å². The van der Waals surface area contributed by atoms with Crippen LogP contribution in [0.2, 0.25) is 0 Å². The highest BCUT2D eigenvalue weighted by Crippen LogP contribution is 2.24. The Morgan fingerprint density at radius 2 is 1.90 bits per heavy atom. The quantitative estimate of drug-likeness (QED) is 0.507. The number of fused-ring (bicyclic) bond motifs is 3. The number of nitrogens with zero attached hydrogens (tertiary/aromatic N) is 6. The summed E-state index contributed by atoms with van der Waals surface area (Å²) in [4.78, 5) is 17.6. The van der Waals surface area contributed by atoms with Crippen LogP contribution >= 0.6 is 0 Å². The highest BCUT2D eigenvalue weighted by molar-refractivity contribution is 5.93. The first kappa shape index (κ1) is 17.1. The van der Waals surface area contributed by atoms with Crippen LogP contribution in [0.3, 0.4) is 0 Å². The molecule has 5 aromatic rings. The molecule has 0 aliphatic heterocycles. The van der Waals surface area contributed by atoms with Crippen LogP contribution in [0.5, 0.6) is 0 Å². The lowest BCUT2D eigenvalue weighted by Gasteiger charge is -2.05. The number of hydrogen-bond donors (Lipinski definition) is 1. The van der Waals surface area contributed by atoms with Gasteiger partial charge in [-0.25, -0.2) is 4.98 Å². The Labute approximate surface area is 164 Å². The predicted molar refractivity (Wildman–Crippen MR) is 108 cm³/mol. The molecule has 0 radical (unpaired) electrons. The molecule has 0 fully saturated rings. The van der Waals surface area contributed by atoms with Crippen LogP contribution in [0.4, 0.5) is 11.7 Å². The second kappa shape index (κ2) is 6.26. The third kappa shape index (κ3) is 2.75. The van der Waals surface area contributed by atoms with E-state index in [1.165, 1.54) is 4.52 Å². The molecule has 5 rings (SSSR count). The van der Waals surface area contributed by atoms with Gasteiger partial charge in [-0.1, -0.05) is 23.3 Å². The van der Waals surface area contributed by atoms with E-state index in [4.69, 9.17) is 4.42 Å². The molecule has 29 heavy (non-hydrogen) atoms. The van der Waals surface area contributed by atoms with Gasteiger partial charge in [0, 0.05) is 24.6 Å². The number of anilines is 2. The molecule has 144 valence electrons. The van der Waals surface area contributed by atoms with Gasteiger partial charge in [0.15, 0.2) is 5.65 Å². The molecule has 1 aromatic carbocycles. The number of pyridine rings is 1. The Morgan fingerprint density at radius 1 is 1.10 bits per heavy atom. The van der Waals surface area contributed by atoms with Gasteiger partial charge in [0.2, 0.25) is 0 Å². The molecule has 0 aliphatic rings. The van der Waals surface area contributed by atoms with Crippen LogP contribution in [0.1, 0.15) is 11.3 Å². The molecule has 1 N–H and O–H groups in total. The van der Waals surface area contributed by atoms with E-state index in [-0.39, 0.29) is 23.0 Å². The van der Waals surface area contributed by atoms with E-state index in [1.54, 1.807) is 6.20 Å². The Morgan fingerprint density at radius 3 is 2.69 bits per heavy atom. The lowest BCUT2D eigenvalue weighted by Crippen LogP contribution is -2.19. The number of nitrogens with one attached hydrogen (secondary N) is 1. The maximum atomic E-state index is 13.1. The van der Waals surface area contributed by atoms with Crippen molar-refractivity contribution in [3.05, 3.63) is 64.2 Å². The third-order valence-corrected chi connectivity index (χ3v) is 4.70. The molecule has 4 aromatic heterocycles. The summed E-state index contributed by atoms with van der Waals surface area (Å²) in [5, 5.41) is 16.3. The van der Waals surface area contributed by atoms with Gasteiger partial charge >= 0.3 is 6.01 Å². The van der Waals surface area contributed by atoms with Crippen molar-refractivity contribution in [1.29, 1.82) is 0 Å².